The minimum absolute atomic E-state index is 0.0436. The largest absolute Gasteiger partial charge is 0.391 e. The number of hydrogen-bond acceptors (Lipinski definition) is 2. The topological polar surface area (TPSA) is 40.5 Å². The molecule has 0 bridgehead atoms. The highest BCUT2D eigenvalue weighted by Crippen LogP contribution is 2.32. The molecule has 0 aliphatic carbocycles. The molecular weight excluding hydrogens is 246 g/mol. The second-order valence-corrected chi connectivity index (χ2v) is 7.15. The summed E-state index contributed by atoms with van der Waals surface area (Å²) in [7, 11) is 0. The van der Waals surface area contributed by atoms with Crippen molar-refractivity contribution in [3.05, 3.63) is 0 Å². The Balaban J connectivity index is 2.72. The third kappa shape index (κ3) is 2.28. The first kappa shape index (κ1) is 12.0. The van der Waals surface area contributed by atoms with Crippen molar-refractivity contribution < 1.29 is 9.90 Å². The first-order valence-corrected chi connectivity index (χ1v) is 5.60. The van der Waals surface area contributed by atoms with Gasteiger partial charge in [-0.05, 0) is 13.8 Å². The van der Waals surface area contributed by atoms with Crippen molar-refractivity contribution in [3.63, 3.8) is 0 Å². The lowest BCUT2D eigenvalue weighted by atomic mass is 9.90. The summed E-state index contributed by atoms with van der Waals surface area (Å²) in [4.78, 5) is 13.6. The molecule has 1 aliphatic heterocycles. The number of hydrogen-bond donors (Lipinski definition) is 1. The van der Waals surface area contributed by atoms with E-state index in [1.54, 1.807) is 4.90 Å². The van der Waals surface area contributed by atoms with E-state index >= 15 is 0 Å². The zero-order valence-corrected chi connectivity index (χ0v) is 10.8. The van der Waals surface area contributed by atoms with Crippen molar-refractivity contribution in [2.75, 3.05) is 13.1 Å². The Hall–Kier alpha value is -0.0900. The minimum atomic E-state index is -0.535. The van der Waals surface area contributed by atoms with Crippen LogP contribution < -0.4 is 0 Å². The number of aliphatic hydroxyl groups is 1. The fourth-order valence-corrected chi connectivity index (χ4v) is 1.90. The van der Waals surface area contributed by atoms with E-state index < -0.39 is 10.4 Å². The third-order valence-electron chi connectivity index (χ3n) is 2.69. The maximum absolute atomic E-state index is 11.9. The molecule has 1 amide bonds. The first-order valence-electron chi connectivity index (χ1n) is 4.81. The van der Waals surface area contributed by atoms with Gasteiger partial charge in [-0.1, -0.05) is 29.8 Å². The molecule has 82 valence electrons. The van der Waals surface area contributed by atoms with Gasteiger partial charge in [-0.2, -0.15) is 0 Å². The van der Waals surface area contributed by atoms with E-state index in [0.29, 0.717) is 13.1 Å². The van der Waals surface area contributed by atoms with Gasteiger partial charge in [-0.3, -0.25) is 4.79 Å². The van der Waals surface area contributed by atoms with Crippen LogP contribution in [0.2, 0.25) is 0 Å². The second kappa shape index (κ2) is 3.49. The molecular formula is C10H18BrNO2. The predicted molar refractivity (Wildman–Crippen MR) is 59.4 cm³/mol. The lowest BCUT2D eigenvalue weighted by Gasteiger charge is -2.25. The Labute approximate surface area is 93.6 Å². The molecule has 0 saturated carbocycles. The fraction of sp³-hybridized carbons (Fsp3) is 0.900. The number of nitrogens with zero attached hydrogens (tertiary/aromatic N) is 1. The van der Waals surface area contributed by atoms with Crippen LogP contribution in [-0.4, -0.2) is 39.4 Å². The van der Waals surface area contributed by atoms with Crippen LogP contribution in [0.15, 0.2) is 0 Å². The SMILES string of the molecule is CC(C)(Br)C(=O)N1CC(O)C(C)(C)C1. The van der Waals surface area contributed by atoms with Gasteiger partial charge in [0.25, 0.3) is 0 Å². The van der Waals surface area contributed by atoms with Crippen LogP contribution >= 0.6 is 15.9 Å². The van der Waals surface area contributed by atoms with E-state index in [-0.39, 0.29) is 11.3 Å². The summed E-state index contributed by atoms with van der Waals surface area (Å²) in [5.41, 5.74) is -0.187. The molecule has 1 rings (SSSR count). The van der Waals surface area contributed by atoms with Crippen molar-refractivity contribution in [2.24, 2.45) is 5.41 Å². The van der Waals surface area contributed by atoms with Crippen LogP contribution in [0.4, 0.5) is 0 Å². The molecule has 14 heavy (non-hydrogen) atoms. The van der Waals surface area contributed by atoms with E-state index in [0.717, 1.165) is 0 Å². The molecule has 1 N–H and O–H groups in total. The Morgan fingerprint density at radius 1 is 1.57 bits per heavy atom. The number of alkyl halides is 1. The van der Waals surface area contributed by atoms with Gasteiger partial charge < -0.3 is 10.0 Å². The number of carbonyl (C=O) groups is 1. The Bertz CT molecular complexity index is 245. The molecule has 1 saturated heterocycles. The maximum Gasteiger partial charge on any atom is 0.239 e. The summed E-state index contributed by atoms with van der Waals surface area (Å²) >= 11 is 3.34. The molecule has 0 radical (unpaired) electrons. The van der Waals surface area contributed by atoms with Crippen molar-refractivity contribution in [3.8, 4) is 0 Å². The van der Waals surface area contributed by atoms with Crippen LogP contribution in [0.5, 0.6) is 0 Å². The Kier molecular flexibility index (Phi) is 2.99. The Morgan fingerprint density at radius 2 is 2.07 bits per heavy atom. The smallest absolute Gasteiger partial charge is 0.239 e. The molecule has 0 aromatic heterocycles. The van der Waals surface area contributed by atoms with Crippen molar-refractivity contribution >= 4 is 21.8 Å². The number of rotatable bonds is 1. The summed E-state index contributed by atoms with van der Waals surface area (Å²) < 4.78 is -0.535. The lowest BCUT2D eigenvalue weighted by Crippen LogP contribution is -2.41. The van der Waals surface area contributed by atoms with Gasteiger partial charge in [0.1, 0.15) is 0 Å². The third-order valence-corrected chi connectivity index (χ3v) is 3.03. The molecule has 4 heteroatoms. The van der Waals surface area contributed by atoms with Gasteiger partial charge >= 0.3 is 0 Å². The summed E-state index contributed by atoms with van der Waals surface area (Å²) in [5.74, 6) is 0.0436. The average molecular weight is 264 g/mol. The highest BCUT2D eigenvalue weighted by molar-refractivity contribution is 9.10. The monoisotopic (exact) mass is 263 g/mol. The molecule has 0 aromatic rings. The van der Waals surface area contributed by atoms with Gasteiger partial charge in [0.2, 0.25) is 5.91 Å². The van der Waals surface area contributed by atoms with Crippen LogP contribution in [0.25, 0.3) is 0 Å². The highest BCUT2D eigenvalue weighted by Gasteiger charge is 2.43. The number of aliphatic hydroxyl groups excluding tert-OH is 1. The van der Waals surface area contributed by atoms with E-state index in [9.17, 15) is 9.90 Å². The second-order valence-electron chi connectivity index (χ2n) is 5.16. The molecule has 0 spiro atoms. The fourth-order valence-electron chi connectivity index (χ4n) is 1.65. The van der Waals surface area contributed by atoms with E-state index in [2.05, 4.69) is 15.9 Å². The zero-order valence-electron chi connectivity index (χ0n) is 9.17. The summed E-state index contributed by atoms with van der Waals surface area (Å²) in [6, 6.07) is 0. The predicted octanol–water partition coefficient (Wildman–Crippen LogP) is 1.39. The van der Waals surface area contributed by atoms with Crippen LogP contribution in [0.3, 0.4) is 0 Å². The quantitative estimate of drug-likeness (QED) is 0.727. The van der Waals surface area contributed by atoms with Gasteiger partial charge in [0, 0.05) is 18.5 Å². The molecule has 0 aromatic carbocycles. The van der Waals surface area contributed by atoms with E-state index in [1.165, 1.54) is 0 Å². The zero-order chi connectivity index (χ0) is 11.1. The summed E-state index contributed by atoms with van der Waals surface area (Å²) in [6.07, 6.45) is -0.415. The minimum Gasteiger partial charge on any atom is -0.391 e. The summed E-state index contributed by atoms with van der Waals surface area (Å²) in [5, 5.41) is 9.73. The van der Waals surface area contributed by atoms with Crippen LogP contribution in [0.1, 0.15) is 27.7 Å². The number of β-amino-alcohol motifs (C(OH)–C–C–N with tert-alkyl or cyclic N) is 1. The Morgan fingerprint density at radius 3 is 2.36 bits per heavy atom. The van der Waals surface area contributed by atoms with E-state index in [4.69, 9.17) is 0 Å². The molecule has 1 unspecified atom stereocenters. The van der Waals surface area contributed by atoms with Gasteiger partial charge in [0.05, 0.1) is 10.4 Å². The lowest BCUT2D eigenvalue weighted by molar-refractivity contribution is -0.132. The standard InChI is InChI=1S/C10H18BrNO2/c1-9(2)6-12(5-7(9)13)8(14)10(3,4)11/h7,13H,5-6H2,1-4H3. The van der Waals surface area contributed by atoms with Crippen molar-refractivity contribution in [1.29, 1.82) is 0 Å². The number of amides is 1. The van der Waals surface area contributed by atoms with Crippen LogP contribution in [0, 0.1) is 5.41 Å². The van der Waals surface area contributed by atoms with Crippen molar-refractivity contribution in [2.45, 2.75) is 38.1 Å². The first-order chi connectivity index (χ1) is 6.14. The van der Waals surface area contributed by atoms with Crippen molar-refractivity contribution in [1.82, 2.24) is 4.90 Å². The van der Waals surface area contributed by atoms with E-state index in [1.807, 2.05) is 27.7 Å². The number of carbonyl (C=O) groups excluding carboxylic acids is 1. The highest BCUT2D eigenvalue weighted by atomic mass is 79.9. The van der Waals surface area contributed by atoms with Gasteiger partial charge in [0.15, 0.2) is 0 Å². The average Bonchev–Trinajstić information content (AvgIpc) is 2.23. The van der Waals surface area contributed by atoms with Gasteiger partial charge in [-0.25, -0.2) is 0 Å². The summed E-state index contributed by atoms with van der Waals surface area (Å²) in [6.45, 7) is 8.68. The number of likely N-dealkylation sites (tertiary alicyclic amines) is 1. The van der Waals surface area contributed by atoms with Gasteiger partial charge in [-0.15, -0.1) is 0 Å². The molecule has 1 aliphatic rings. The van der Waals surface area contributed by atoms with Crippen LogP contribution in [-0.2, 0) is 4.79 Å². The molecule has 1 atom stereocenters. The number of halogens is 1. The molecule has 1 fully saturated rings. The maximum atomic E-state index is 11.9. The molecule has 3 nitrogen and oxygen atoms in total. The normalized spacial score (nSPS) is 26.7. The molecule has 1 heterocycles.